The first-order valence-corrected chi connectivity index (χ1v) is 11.2. The highest BCUT2D eigenvalue weighted by atomic mass is 16.2. The third kappa shape index (κ3) is 4.18. The third-order valence-corrected chi connectivity index (χ3v) is 6.32. The normalized spacial score (nSPS) is 18.8. The predicted molar refractivity (Wildman–Crippen MR) is 124 cm³/mol. The summed E-state index contributed by atoms with van der Waals surface area (Å²) in [5.74, 6) is 1.34. The van der Waals surface area contributed by atoms with Gasteiger partial charge in [0.25, 0.3) is 0 Å². The van der Waals surface area contributed by atoms with Gasteiger partial charge in [-0.25, -0.2) is 14.6 Å². The van der Waals surface area contributed by atoms with E-state index in [1.54, 1.807) is 11.2 Å². The fourth-order valence-corrected chi connectivity index (χ4v) is 4.63. The molecular weight excluding hydrogens is 418 g/mol. The lowest BCUT2D eigenvalue weighted by Crippen LogP contribution is -2.51. The molecule has 0 N–H and O–H groups in total. The number of amides is 2. The molecule has 3 aromatic rings. The highest BCUT2D eigenvalue weighted by molar-refractivity contribution is 6.00. The minimum atomic E-state index is -0.291. The van der Waals surface area contributed by atoms with Gasteiger partial charge in [-0.05, 0) is 32.0 Å². The van der Waals surface area contributed by atoms with Crippen LogP contribution in [0, 0.1) is 19.8 Å². The van der Waals surface area contributed by atoms with E-state index in [1.807, 2.05) is 65.9 Å². The lowest BCUT2D eigenvalue weighted by molar-refractivity contribution is -0.136. The van der Waals surface area contributed by atoms with Crippen LogP contribution in [0.1, 0.15) is 17.8 Å². The summed E-state index contributed by atoms with van der Waals surface area (Å²) in [4.78, 5) is 40.2. The first-order valence-electron chi connectivity index (χ1n) is 11.2. The van der Waals surface area contributed by atoms with E-state index in [2.05, 4.69) is 20.0 Å². The van der Waals surface area contributed by atoms with E-state index < -0.39 is 0 Å². The molecule has 9 nitrogen and oxygen atoms in total. The highest BCUT2D eigenvalue weighted by Gasteiger charge is 2.38. The Hall–Kier alpha value is -3.75. The van der Waals surface area contributed by atoms with Crippen molar-refractivity contribution in [2.45, 2.75) is 20.3 Å². The first-order chi connectivity index (χ1) is 16.0. The van der Waals surface area contributed by atoms with Crippen LogP contribution in [0.4, 0.5) is 11.5 Å². The van der Waals surface area contributed by atoms with Crippen molar-refractivity contribution in [3.8, 4) is 5.82 Å². The van der Waals surface area contributed by atoms with Gasteiger partial charge in [0.05, 0.1) is 11.6 Å². The van der Waals surface area contributed by atoms with E-state index in [0.29, 0.717) is 32.7 Å². The Morgan fingerprint density at radius 3 is 2.39 bits per heavy atom. The SMILES string of the molecule is Cc1cc(C)n(-c2cc(N3CCN(C(=O)C4CC(=O)N(c5ccccc5)C4)CC3)ncn2)n1. The van der Waals surface area contributed by atoms with E-state index in [0.717, 1.165) is 28.7 Å². The van der Waals surface area contributed by atoms with Crippen molar-refractivity contribution in [1.29, 1.82) is 0 Å². The lowest BCUT2D eigenvalue weighted by Gasteiger charge is -2.36. The van der Waals surface area contributed by atoms with E-state index in [9.17, 15) is 9.59 Å². The van der Waals surface area contributed by atoms with Gasteiger partial charge in [0.1, 0.15) is 12.1 Å². The van der Waals surface area contributed by atoms with Crippen molar-refractivity contribution in [3.63, 3.8) is 0 Å². The Labute approximate surface area is 192 Å². The summed E-state index contributed by atoms with van der Waals surface area (Å²) in [6, 6.07) is 13.5. The zero-order valence-corrected chi connectivity index (χ0v) is 18.9. The number of aromatic nitrogens is 4. The van der Waals surface area contributed by atoms with Crippen molar-refractivity contribution in [3.05, 3.63) is 60.2 Å². The molecule has 1 atom stereocenters. The molecule has 5 rings (SSSR count). The number of para-hydroxylation sites is 1. The van der Waals surface area contributed by atoms with Crippen LogP contribution in [0.5, 0.6) is 0 Å². The Morgan fingerprint density at radius 2 is 1.70 bits per heavy atom. The molecule has 1 unspecified atom stereocenters. The number of hydrogen-bond donors (Lipinski definition) is 0. The smallest absolute Gasteiger partial charge is 0.228 e. The lowest BCUT2D eigenvalue weighted by atomic mass is 10.1. The molecule has 0 saturated carbocycles. The molecule has 2 aromatic heterocycles. The van der Waals surface area contributed by atoms with Gasteiger partial charge >= 0.3 is 0 Å². The second-order valence-electron chi connectivity index (χ2n) is 8.63. The molecule has 2 amide bonds. The molecule has 2 aliphatic rings. The second-order valence-corrected chi connectivity index (χ2v) is 8.63. The largest absolute Gasteiger partial charge is 0.353 e. The maximum absolute atomic E-state index is 13.1. The van der Waals surface area contributed by atoms with Gasteiger partial charge in [-0.15, -0.1) is 0 Å². The maximum atomic E-state index is 13.1. The average molecular weight is 446 g/mol. The summed E-state index contributed by atoms with van der Waals surface area (Å²) < 4.78 is 1.82. The molecule has 9 heteroatoms. The fourth-order valence-electron chi connectivity index (χ4n) is 4.63. The summed E-state index contributed by atoms with van der Waals surface area (Å²) in [7, 11) is 0. The van der Waals surface area contributed by atoms with Crippen LogP contribution in [-0.2, 0) is 9.59 Å². The van der Waals surface area contributed by atoms with Crippen LogP contribution < -0.4 is 9.80 Å². The molecule has 0 radical (unpaired) electrons. The number of rotatable bonds is 4. The molecule has 0 bridgehead atoms. The maximum Gasteiger partial charge on any atom is 0.228 e. The number of piperazine rings is 1. The minimum absolute atomic E-state index is 0.0100. The topological polar surface area (TPSA) is 87.5 Å². The highest BCUT2D eigenvalue weighted by Crippen LogP contribution is 2.27. The molecule has 2 saturated heterocycles. The number of benzene rings is 1. The number of anilines is 2. The first kappa shape index (κ1) is 21.1. The van der Waals surface area contributed by atoms with E-state index in [1.165, 1.54) is 0 Å². The summed E-state index contributed by atoms with van der Waals surface area (Å²) in [6.07, 6.45) is 1.83. The van der Waals surface area contributed by atoms with Gasteiger partial charge in [0, 0.05) is 56.6 Å². The molecule has 170 valence electrons. The number of aryl methyl sites for hydroxylation is 2. The Bertz CT molecular complexity index is 1170. The number of carbonyl (C=O) groups excluding carboxylic acids is 2. The molecule has 1 aromatic carbocycles. The fraction of sp³-hybridized carbons (Fsp3) is 0.375. The van der Waals surface area contributed by atoms with Crippen LogP contribution >= 0.6 is 0 Å². The van der Waals surface area contributed by atoms with Crippen LogP contribution in [-0.4, -0.2) is 69.2 Å². The predicted octanol–water partition coefficient (Wildman–Crippen LogP) is 1.98. The average Bonchev–Trinajstić information content (AvgIpc) is 3.40. The van der Waals surface area contributed by atoms with Gasteiger partial charge in [-0.2, -0.15) is 5.10 Å². The standard InChI is InChI=1S/C24H27N7O2/c1-17-12-18(2)31(27-17)22-14-21(25-16-26-22)28-8-10-29(11-9-28)24(33)19-13-23(32)30(15-19)20-6-4-3-5-7-20/h3-7,12,14,16,19H,8-11,13,15H2,1-2H3. The quantitative estimate of drug-likeness (QED) is 0.610. The van der Waals surface area contributed by atoms with Crippen LogP contribution in [0.15, 0.2) is 48.8 Å². The molecule has 33 heavy (non-hydrogen) atoms. The van der Waals surface area contributed by atoms with Crippen molar-refractivity contribution in [2.24, 2.45) is 5.92 Å². The second kappa shape index (κ2) is 8.65. The molecule has 2 fully saturated rings. The molecular formula is C24H27N7O2. The van der Waals surface area contributed by atoms with Crippen LogP contribution in [0.3, 0.4) is 0 Å². The molecule has 4 heterocycles. The van der Waals surface area contributed by atoms with Gasteiger partial charge in [-0.1, -0.05) is 18.2 Å². The molecule has 2 aliphatic heterocycles. The number of hydrogen-bond acceptors (Lipinski definition) is 6. The Morgan fingerprint density at radius 1 is 0.970 bits per heavy atom. The van der Waals surface area contributed by atoms with Crippen LogP contribution in [0.2, 0.25) is 0 Å². The number of nitrogens with zero attached hydrogens (tertiary/aromatic N) is 7. The zero-order chi connectivity index (χ0) is 22.9. The van der Waals surface area contributed by atoms with Crippen LogP contribution in [0.25, 0.3) is 5.82 Å². The van der Waals surface area contributed by atoms with Crippen molar-refractivity contribution in [2.75, 3.05) is 42.5 Å². The van der Waals surface area contributed by atoms with E-state index in [4.69, 9.17) is 0 Å². The monoisotopic (exact) mass is 445 g/mol. The van der Waals surface area contributed by atoms with Crippen molar-refractivity contribution in [1.82, 2.24) is 24.6 Å². The number of carbonyl (C=O) groups is 2. The third-order valence-electron chi connectivity index (χ3n) is 6.32. The molecule has 0 spiro atoms. The minimum Gasteiger partial charge on any atom is -0.353 e. The molecule has 0 aliphatic carbocycles. The van der Waals surface area contributed by atoms with Crippen molar-refractivity contribution < 1.29 is 9.59 Å². The van der Waals surface area contributed by atoms with Gasteiger partial charge < -0.3 is 14.7 Å². The van der Waals surface area contributed by atoms with E-state index in [-0.39, 0.29) is 24.2 Å². The summed E-state index contributed by atoms with van der Waals surface area (Å²) >= 11 is 0. The van der Waals surface area contributed by atoms with Crippen molar-refractivity contribution >= 4 is 23.3 Å². The van der Waals surface area contributed by atoms with Gasteiger partial charge in [0.2, 0.25) is 11.8 Å². The summed E-state index contributed by atoms with van der Waals surface area (Å²) in [5, 5.41) is 4.50. The Balaban J connectivity index is 1.22. The Kier molecular flexibility index (Phi) is 5.53. The zero-order valence-electron chi connectivity index (χ0n) is 18.9. The summed E-state index contributed by atoms with van der Waals surface area (Å²) in [5.41, 5.74) is 2.81. The van der Waals surface area contributed by atoms with E-state index >= 15 is 0 Å². The van der Waals surface area contributed by atoms with Gasteiger partial charge in [0.15, 0.2) is 5.82 Å². The summed E-state index contributed by atoms with van der Waals surface area (Å²) in [6.45, 7) is 6.98. The van der Waals surface area contributed by atoms with Gasteiger partial charge in [-0.3, -0.25) is 9.59 Å².